The van der Waals surface area contributed by atoms with E-state index in [1.165, 1.54) is 12.8 Å². The SMILES string of the molecule is CC1CCC(C(C)C)C(OCC(N)C(=O)O)C1. The molecule has 100 valence electrons. The third-order valence-electron chi connectivity index (χ3n) is 3.77. The van der Waals surface area contributed by atoms with Crippen LogP contribution in [0, 0.1) is 17.8 Å². The summed E-state index contributed by atoms with van der Waals surface area (Å²) >= 11 is 0. The lowest BCUT2D eigenvalue weighted by Crippen LogP contribution is -2.40. The van der Waals surface area contributed by atoms with Gasteiger partial charge in [-0.05, 0) is 30.6 Å². The van der Waals surface area contributed by atoms with Crippen molar-refractivity contribution in [3.8, 4) is 0 Å². The highest BCUT2D eigenvalue weighted by molar-refractivity contribution is 5.73. The molecule has 0 heterocycles. The molecule has 1 fully saturated rings. The number of carboxylic acid groups (broad SMARTS) is 1. The van der Waals surface area contributed by atoms with Crippen molar-refractivity contribution in [2.24, 2.45) is 23.5 Å². The fraction of sp³-hybridized carbons (Fsp3) is 0.923. The zero-order chi connectivity index (χ0) is 13.0. The summed E-state index contributed by atoms with van der Waals surface area (Å²) in [4.78, 5) is 10.6. The average molecular weight is 243 g/mol. The second-order valence-corrected chi connectivity index (χ2v) is 5.64. The van der Waals surface area contributed by atoms with E-state index < -0.39 is 12.0 Å². The van der Waals surface area contributed by atoms with Crippen LogP contribution in [0.3, 0.4) is 0 Å². The lowest BCUT2D eigenvalue weighted by atomic mass is 9.75. The van der Waals surface area contributed by atoms with Crippen molar-refractivity contribution in [1.29, 1.82) is 0 Å². The van der Waals surface area contributed by atoms with Crippen molar-refractivity contribution in [2.75, 3.05) is 6.61 Å². The molecular weight excluding hydrogens is 218 g/mol. The predicted octanol–water partition coefficient (Wildman–Crippen LogP) is 1.88. The van der Waals surface area contributed by atoms with Gasteiger partial charge in [-0.25, -0.2) is 0 Å². The fourth-order valence-electron chi connectivity index (χ4n) is 2.60. The molecule has 0 spiro atoms. The van der Waals surface area contributed by atoms with Crippen LogP contribution in [-0.2, 0) is 9.53 Å². The summed E-state index contributed by atoms with van der Waals surface area (Å²) in [5, 5.41) is 8.73. The van der Waals surface area contributed by atoms with Crippen LogP contribution in [0.15, 0.2) is 0 Å². The van der Waals surface area contributed by atoms with Crippen LogP contribution < -0.4 is 5.73 Å². The number of carboxylic acids is 1. The third kappa shape index (κ3) is 4.28. The van der Waals surface area contributed by atoms with Gasteiger partial charge in [-0.15, -0.1) is 0 Å². The van der Waals surface area contributed by atoms with E-state index in [1.807, 2.05) is 0 Å². The molecule has 0 saturated heterocycles. The summed E-state index contributed by atoms with van der Waals surface area (Å²) in [6, 6.07) is -0.903. The molecule has 4 atom stereocenters. The largest absolute Gasteiger partial charge is 0.480 e. The zero-order valence-corrected chi connectivity index (χ0v) is 11.1. The number of nitrogens with two attached hydrogens (primary N) is 1. The topological polar surface area (TPSA) is 72.5 Å². The van der Waals surface area contributed by atoms with Crippen molar-refractivity contribution < 1.29 is 14.6 Å². The predicted molar refractivity (Wildman–Crippen MR) is 66.7 cm³/mol. The van der Waals surface area contributed by atoms with Gasteiger partial charge in [-0.2, -0.15) is 0 Å². The van der Waals surface area contributed by atoms with Crippen LogP contribution in [0.25, 0.3) is 0 Å². The molecule has 1 aliphatic rings. The van der Waals surface area contributed by atoms with Crippen LogP contribution in [-0.4, -0.2) is 29.8 Å². The first kappa shape index (κ1) is 14.5. The third-order valence-corrected chi connectivity index (χ3v) is 3.77. The van der Waals surface area contributed by atoms with Gasteiger partial charge in [0.25, 0.3) is 0 Å². The fourth-order valence-corrected chi connectivity index (χ4v) is 2.60. The molecule has 0 aromatic heterocycles. The van der Waals surface area contributed by atoms with Gasteiger partial charge < -0.3 is 15.6 Å². The Kier molecular flexibility index (Phi) is 5.40. The second-order valence-electron chi connectivity index (χ2n) is 5.64. The molecule has 4 nitrogen and oxygen atoms in total. The van der Waals surface area contributed by atoms with Crippen molar-refractivity contribution in [3.63, 3.8) is 0 Å². The van der Waals surface area contributed by atoms with Crippen molar-refractivity contribution in [1.82, 2.24) is 0 Å². The minimum absolute atomic E-state index is 0.121. The number of carbonyl (C=O) groups is 1. The van der Waals surface area contributed by atoms with E-state index in [9.17, 15) is 4.79 Å². The average Bonchev–Trinajstić information content (AvgIpc) is 2.25. The van der Waals surface area contributed by atoms with Gasteiger partial charge in [0.1, 0.15) is 6.04 Å². The summed E-state index contributed by atoms with van der Waals surface area (Å²) in [7, 11) is 0. The van der Waals surface area contributed by atoms with E-state index in [0.717, 1.165) is 6.42 Å². The summed E-state index contributed by atoms with van der Waals surface area (Å²) < 4.78 is 5.74. The number of aliphatic carboxylic acids is 1. The van der Waals surface area contributed by atoms with E-state index in [4.69, 9.17) is 15.6 Å². The molecule has 4 unspecified atom stereocenters. The van der Waals surface area contributed by atoms with Crippen LogP contribution >= 0.6 is 0 Å². The summed E-state index contributed by atoms with van der Waals surface area (Å²) in [5.74, 6) is 0.784. The lowest BCUT2D eigenvalue weighted by Gasteiger charge is -2.37. The Balaban J connectivity index is 2.49. The molecular formula is C13H25NO3. The Hall–Kier alpha value is -0.610. The van der Waals surface area contributed by atoms with E-state index >= 15 is 0 Å². The van der Waals surface area contributed by atoms with Crippen LogP contribution in [0.5, 0.6) is 0 Å². The first-order valence-corrected chi connectivity index (χ1v) is 6.51. The Morgan fingerprint density at radius 3 is 2.65 bits per heavy atom. The second kappa shape index (κ2) is 6.36. The molecule has 3 N–H and O–H groups in total. The minimum atomic E-state index is -0.991. The first-order chi connectivity index (χ1) is 7.91. The van der Waals surface area contributed by atoms with Crippen molar-refractivity contribution in [3.05, 3.63) is 0 Å². The Bertz CT molecular complexity index is 255. The Morgan fingerprint density at radius 2 is 2.12 bits per heavy atom. The highest BCUT2D eigenvalue weighted by Crippen LogP contribution is 2.35. The van der Waals surface area contributed by atoms with E-state index in [-0.39, 0.29) is 12.7 Å². The van der Waals surface area contributed by atoms with Crippen LogP contribution in [0.4, 0.5) is 0 Å². The molecule has 0 bridgehead atoms. The van der Waals surface area contributed by atoms with Gasteiger partial charge >= 0.3 is 5.97 Å². The monoisotopic (exact) mass is 243 g/mol. The normalized spacial score (nSPS) is 31.5. The standard InChI is InChI=1S/C13H25NO3/c1-8(2)10-5-4-9(3)6-12(10)17-7-11(14)13(15)16/h8-12H,4-7,14H2,1-3H3,(H,15,16). The minimum Gasteiger partial charge on any atom is -0.480 e. The summed E-state index contributed by atoms with van der Waals surface area (Å²) in [5.41, 5.74) is 5.47. The maximum absolute atomic E-state index is 10.6. The van der Waals surface area contributed by atoms with E-state index in [2.05, 4.69) is 20.8 Å². The maximum atomic E-state index is 10.6. The molecule has 0 amide bonds. The number of rotatable bonds is 5. The van der Waals surface area contributed by atoms with Crippen LogP contribution in [0.2, 0.25) is 0 Å². The highest BCUT2D eigenvalue weighted by Gasteiger charge is 2.32. The number of ether oxygens (including phenoxy) is 1. The van der Waals surface area contributed by atoms with Crippen molar-refractivity contribution in [2.45, 2.75) is 52.2 Å². The molecule has 1 rings (SSSR count). The van der Waals surface area contributed by atoms with Gasteiger partial charge in [0.2, 0.25) is 0 Å². The van der Waals surface area contributed by atoms with E-state index in [1.54, 1.807) is 0 Å². The molecule has 0 aliphatic heterocycles. The Labute approximate surface area is 104 Å². The van der Waals surface area contributed by atoms with E-state index in [0.29, 0.717) is 17.8 Å². The smallest absolute Gasteiger partial charge is 0.322 e. The van der Waals surface area contributed by atoms with Crippen molar-refractivity contribution >= 4 is 5.97 Å². The number of hydrogen-bond donors (Lipinski definition) is 2. The Morgan fingerprint density at radius 1 is 1.47 bits per heavy atom. The molecule has 0 aromatic rings. The first-order valence-electron chi connectivity index (χ1n) is 6.51. The van der Waals surface area contributed by atoms with Gasteiger partial charge in [0, 0.05) is 0 Å². The molecule has 0 aromatic carbocycles. The molecule has 17 heavy (non-hydrogen) atoms. The van der Waals surface area contributed by atoms with Gasteiger partial charge in [-0.3, -0.25) is 4.79 Å². The number of hydrogen-bond acceptors (Lipinski definition) is 3. The van der Waals surface area contributed by atoms with Gasteiger partial charge in [0.15, 0.2) is 0 Å². The van der Waals surface area contributed by atoms with Crippen LogP contribution in [0.1, 0.15) is 40.0 Å². The molecule has 4 heteroatoms. The maximum Gasteiger partial charge on any atom is 0.322 e. The molecule has 1 saturated carbocycles. The lowest BCUT2D eigenvalue weighted by molar-refractivity contribution is -0.141. The quantitative estimate of drug-likeness (QED) is 0.773. The molecule has 1 aliphatic carbocycles. The highest BCUT2D eigenvalue weighted by atomic mass is 16.5. The van der Waals surface area contributed by atoms with Gasteiger partial charge in [-0.1, -0.05) is 27.2 Å². The zero-order valence-electron chi connectivity index (χ0n) is 11.1. The molecule has 0 radical (unpaired) electrons. The summed E-state index contributed by atoms with van der Waals surface area (Å²) in [6.45, 7) is 6.75. The summed E-state index contributed by atoms with van der Waals surface area (Å²) in [6.07, 6.45) is 3.61. The van der Waals surface area contributed by atoms with Gasteiger partial charge in [0.05, 0.1) is 12.7 Å².